The molecule has 13 heavy (non-hydrogen) atoms. The largest absolute Gasteiger partial charge is 0.364 e. The van der Waals surface area contributed by atoms with E-state index in [1.807, 2.05) is 0 Å². The van der Waals surface area contributed by atoms with Crippen LogP contribution in [0.15, 0.2) is 12.3 Å². The molecular formula is C8H8N4O. The number of hydrogen-bond acceptors (Lipinski definition) is 3. The summed E-state index contributed by atoms with van der Waals surface area (Å²) in [5.74, 6) is 0.168. The molecule has 5 heteroatoms. The van der Waals surface area contributed by atoms with Gasteiger partial charge in [-0.2, -0.15) is 0 Å². The Labute approximate surface area is 74.0 Å². The Morgan fingerprint density at radius 2 is 2.38 bits per heavy atom. The van der Waals surface area contributed by atoms with E-state index < -0.39 is 5.91 Å². The number of aromatic amines is 1. The van der Waals surface area contributed by atoms with E-state index in [1.54, 1.807) is 19.2 Å². The second-order valence-electron chi connectivity index (χ2n) is 2.77. The summed E-state index contributed by atoms with van der Waals surface area (Å²) >= 11 is 0. The third kappa shape index (κ3) is 1.24. The fourth-order valence-electron chi connectivity index (χ4n) is 1.14. The standard InChI is InChI=1S/C8H8N4O/c1-4-10-3-5-2-6(7(9)13)12-8(5)11-4/h2-3H,1H3,(H2,9,13)(H,10,11,12). The first-order valence-corrected chi connectivity index (χ1v) is 3.79. The van der Waals surface area contributed by atoms with Gasteiger partial charge in [-0.05, 0) is 13.0 Å². The van der Waals surface area contributed by atoms with Crippen LogP contribution in [-0.2, 0) is 0 Å². The molecule has 0 radical (unpaired) electrons. The predicted octanol–water partition coefficient (Wildman–Crippen LogP) is 0.365. The molecule has 3 N–H and O–H groups in total. The van der Waals surface area contributed by atoms with Gasteiger partial charge < -0.3 is 10.7 Å². The first-order valence-electron chi connectivity index (χ1n) is 3.79. The first-order chi connectivity index (χ1) is 6.16. The minimum atomic E-state index is -0.490. The number of primary amides is 1. The van der Waals surface area contributed by atoms with Crippen molar-refractivity contribution in [3.63, 3.8) is 0 Å². The third-order valence-corrected chi connectivity index (χ3v) is 1.76. The number of carbonyl (C=O) groups excluding carboxylic acids is 1. The van der Waals surface area contributed by atoms with Crippen molar-refractivity contribution in [2.24, 2.45) is 5.73 Å². The molecule has 0 bridgehead atoms. The fraction of sp³-hybridized carbons (Fsp3) is 0.125. The molecule has 0 aromatic carbocycles. The Balaban J connectivity index is 2.68. The van der Waals surface area contributed by atoms with E-state index in [1.165, 1.54) is 0 Å². The molecule has 0 atom stereocenters. The van der Waals surface area contributed by atoms with Gasteiger partial charge in [-0.1, -0.05) is 0 Å². The van der Waals surface area contributed by atoms with Crippen LogP contribution in [0.4, 0.5) is 0 Å². The second kappa shape index (κ2) is 2.55. The molecular weight excluding hydrogens is 168 g/mol. The number of H-pyrrole nitrogens is 1. The molecule has 0 fully saturated rings. The Bertz CT molecular complexity index is 474. The van der Waals surface area contributed by atoms with Crippen LogP contribution in [0.3, 0.4) is 0 Å². The lowest BCUT2D eigenvalue weighted by Crippen LogP contribution is -2.10. The third-order valence-electron chi connectivity index (χ3n) is 1.76. The van der Waals surface area contributed by atoms with Gasteiger partial charge in [-0.15, -0.1) is 0 Å². The predicted molar refractivity (Wildman–Crippen MR) is 47.1 cm³/mol. The molecule has 5 nitrogen and oxygen atoms in total. The van der Waals surface area contributed by atoms with E-state index in [0.29, 0.717) is 17.2 Å². The highest BCUT2D eigenvalue weighted by molar-refractivity contribution is 5.95. The topological polar surface area (TPSA) is 84.7 Å². The Morgan fingerprint density at radius 3 is 3.08 bits per heavy atom. The zero-order chi connectivity index (χ0) is 9.42. The molecule has 2 aromatic rings. The average Bonchev–Trinajstić information content (AvgIpc) is 2.46. The molecule has 0 saturated heterocycles. The summed E-state index contributed by atoms with van der Waals surface area (Å²) in [5.41, 5.74) is 6.09. The number of nitrogens with zero attached hydrogens (tertiary/aromatic N) is 2. The Morgan fingerprint density at radius 1 is 1.62 bits per heavy atom. The minimum absolute atomic E-state index is 0.356. The number of aromatic nitrogens is 3. The quantitative estimate of drug-likeness (QED) is 0.658. The number of amides is 1. The minimum Gasteiger partial charge on any atom is -0.364 e. The highest BCUT2D eigenvalue weighted by Crippen LogP contribution is 2.11. The first kappa shape index (κ1) is 7.72. The van der Waals surface area contributed by atoms with Gasteiger partial charge in [0.15, 0.2) is 0 Å². The zero-order valence-electron chi connectivity index (χ0n) is 7.03. The van der Waals surface area contributed by atoms with Gasteiger partial charge in [0.2, 0.25) is 0 Å². The molecule has 0 saturated carbocycles. The lowest BCUT2D eigenvalue weighted by Gasteiger charge is -1.89. The van der Waals surface area contributed by atoms with E-state index >= 15 is 0 Å². The number of nitrogens with two attached hydrogens (primary N) is 1. The zero-order valence-corrected chi connectivity index (χ0v) is 7.03. The summed E-state index contributed by atoms with van der Waals surface area (Å²) in [6.45, 7) is 1.78. The number of nitrogens with one attached hydrogen (secondary N) is 1. The molecule has 2 aromatic heterocycles. The molecule has 2 heterocycles. The molecule has 66 valence electrons. The SMILES string of the molecule is Cc1ncc2cc(C(N)=O)[nH]c2n1. The van der Waals surface area contributed by atoms with Crippen LogP contribution in [-0.4, -0.2) is 20.9 Å². The maximum Gasteiger partial charge on any atom is 0.265 e. The fourth-order valence-corrected chi connectivity index (χ4v) is 1.14. The van der Waals surface area contributed by atoms with Crippen LogP contribution >= 0.6 is 0 Å². The van der Waals surface area contributed by atoms with Crippen molar-refractivity contribution in [3.05, 3.63) is 23.8 Å². The number of rotatable bonds is 1. The normalized spacial score (nSPS) is 10.5. The molecule has 0 aliphatic rings. The maximum absolute atomic E-state index is 10.8. The second-order valence-corrected chi connectivity index (χ2v) is 2.77. The van der Waals surface area contributed by atoms with Crippen LogP contribution in [0, 0.1) is 6.92 Å². The molecule has 1 amide bonds. The van der Waals surface area contributed by atoms with E-state index in [-0.39, 0.29) is 0 Å². The van der Waals surface area contributed by atoms with E-state index in [9.17, 15) is 4.79 Å². The van der Waals surface area contributed by atoms with Gasteiger partial charge in [-0.3, -0.25) is 4.79 Å². The summed E-state index contributed by atoms with van der Waals surface area (Å²) in [7, 11) is 0. The highest BCUT2D eigenvalue weighted by Gasteiger charge is 2.06. The number of fused-ring (bicyclic) bond motifs is 1. The van der Waals surface area contributed by atoms with Gasteiger partial charge >= 0.3 is 0 Å². The van der Waals surface area contributed by atoms with Gasteiger partial charge in [0.1, 0.15) is 17.2 Å². The van der Waals surface area contributed by atoms with Crippen LogP contribution in [0.25, 0.3) is 11.0 Å². The lowest BCUT2D eigenvalue weighted by molar-refractivity contribution is 0.0996. The van der Waals surface area contributed by atoms with E-state index in [0.717, 1.165) is 5.39 Å². The number of aryl methyl sites for hydroxylation is 1. The highest BCUT2D eigenvalue weighted by atomic mass is 16.1. The van der Waals surface area contributed by atoms with Crippen LogP contribution in [0.2, 0.25) is 0 Å². The Kier molecular flexibility index (Phi) is 1.51. The van der Waals surface area contributed by atoms with Gasteiger partial charge in [-0.25, -0.2) is 9.97 Å². The summed E-state index contributed by atoms with van der Waals surface area (Å²) in [6, 6.07) is 1.64. The van der Waals surface area contributed by atoms with E-state index in [2.05, 4.69) is 15.0 Å². The molecule has 2 rings (SSSR count). The molecule has 0 aliphatic carbocycles. The van der Waals surface area contributed by atoms with Gasteiger partial charge in [0, 0.05) is 11.6 Å². The van der Waals surface area contributed by atoms with Gasteiger partial charge in [0.25, 0.3) is 5.91 Å². The van der Waals surface area contributed by atoms with Crippen LogP contribution in [0.5, 0.6) is 0 Å². The number of carbonyl (C=O) groups is 1. The van der Waals surface area contributed by atoms with E-state index in [4.69, 9.17) is 5.73 Å². The monoisotopic (exact) mass is 176 g/mol. The van der Waals surface area contributed by atoms with Crippen molar-refractivity contribution in [3.8, 4) is 0 Å². The molecule has 0 spiro atoms. The lowest BCUT2D eigenvalue weighted by atomic mass is 10.3. The van der Waals surface area contributed by atoms with Crippen molar-refractivity contribution in [1.29, 1.82) is 0 Å². The molecule has 0 unspecified atom stereocenters. The van der Waals surface area contributed by atoms with Crippen molar-refractivity contribution in [2.45, 2.75) is 6.92 Å². The average molecular weight is 176 g/mol. The Hall–Kier alpha value is -1.91. The summed E-state index contributed by atoms with van der Waals surface area (Å²) in [5, 5.41) is 0.791. The van der Waals surface area contributed by atoms with Crippen LogP contribution in [0.1, 0.15) is 16.3 Å². The summed E-state index contributed by atoms with van der Waals surface area (Å²) in [4.78, 5) is 21.7. The maximum atomic E-state index is 10.8. The van der Waals surface area contributed by atoms with Crippen molar-refractivity contribution in [1.82, 2.24) is 15.0 Å². The van der Waals surface area contributed by atoms with Crippen molar-refractivity contribution >= 4 is 16.9 Å². The van der Waals surface area contributed by atoms with Gasteiger partial charge in [0.05, 0.1) is 0 Å². The smallest absolute Gasteiger partial charge is 0.265 e. The summed E-state index contributed by atoms with van der Waals surface area (Å²) in [6.07, 6.45) is 1.65. The van der Waals surface area contributed by atoms with Crippen LogP contribution < -0.4 is 5.73 Å². The van der Waals surface area contributed by atoms with Crippen molar-refractivity contribution < 1.29 is 4.79 Å². The van der Waals surface area contributed by atoms with Crippen molar-refractivity contribution in [2.75, 3.05) is 0 Å². The molecule has 0 aliphatic heterocycles. The summed E-state index contributed by atoms with van der Waals surface area (Å²) < 4.78 is 0. The number of hydrogen-bond donors (Lipinski definition) is 2.